The van der Waals surface area contributed by atoms with Crippen LogP contribution in [0.3, 0.4) is 0 Å². The molecule has 0 bridgehead atoms. The molecule has 0 amide bonds. The van der Waals surface area contributed by atoms with E-state index in [2.05, 4.69) is 11.4 Å². The number of anilines is 1. The van der Waals surface area contributed by atoms with Gasteiger partial charge in [-0.2, -0.15) is 5.26 Å². The summed E-state index contributed by atoms with van der Waals surface area (Å²) in [7, 11) is 0. The van der Waals surface area contributed by atoms with E-state index in [0.29, 0.717) is 18.1 Å². The number of hydrogen-bond donors (Lipinski definition) is 1. The van der Waals surface area contributed by atoms with Gasteiger partial charge in [-0.05, 0) is 18.2 Å². The molecule has 2 aromatic rings. The number of nitriles is 1. The van der Waals surface area contributed by atoms with Crippen molar-refractivity contribution in [3.05, 3.63) is 59.1 Å². The van der Waals surface area contributed by atoms with Gasteiger partial charge in [0.2, 0.25) is 0 Å². The largest absolute Gasteiger partial charge is 0.493 e. The normalized spacial score (nSPS) is 20.4. The Bertz CT molecular complexity index is 680. The molecular weight excluding hydrogens is 272 g/mol. The number of nitrogens with one attached hydrogen (secondary N) is 1. The lowest BCUT2D eigenvalue weighted by Gasteiger charge is -2.34. The second-order valence-corrected chi connectivity index (χ2v) is 5.12. The average Bonchev–Trinajstić information content (AvgIpc) is 2.50. The van der Waals surface area contributed by atoms with E-state index >= 15 is 0 Å². The number of nitrogens with zero attached hydrogens (tertiary/aromatic N) is 1. The van der Waals surface area contributed by atoms with Gasteiger partial charge >= 0.3 is 0 Å². The van der Waals surface area contributed by atoms with Crippen LogP contribution in [-0.4, -0.2) is 6.61 Å². The molecule has 0 aliphatic carbocycles. The molecule has 1 heterocycles. The quantitative estimate of drug-likeness (QED) is 0.908. The SMILES string of the molecule is N#CC1(Nc2ccccc2Cl)CCOc2ccccc21. The summed E-state index contributed by atoms with van der Waals surface area (Å²) >= 11 is 6.19. The van der Waals surface area contributed by atoms with Crippen molar-refractivity contribution in [2.45, 2.75) is 12.0 Å². The highest BCUT2D eigenvalue weighted by Gasteiger charge is 2.38. The average molecular weight is 285 g/mol. The Labute approximate surface area is 122 Å². The number of fused-ring (bicyclic) bond motifs is 1. The first-order chi connectivity index (χ1) is 9.75. The molecule has 0 fully saturated rings. The van der Waals surface area contributed by atoms with Gasteiger partial charge in [0.05, 0.1) is 23.4 Å². The van der Waals surface area contributed by atoms with Crippen LogP contribution in [0.1, 0.15) is 12.0 Å². The Kier molecular flexibility index (Phi) is 3.25. The molecule has 1 unspecified atom stereocenters. The molecule has 0 aromatic heterocycles. The van der Waals surface area contributed by atoms with Crippen LogP contribution in [0.25, 0.3) is 0 Å². The smallest absolute Gasteiger partial charge is 0.157 e. The minimum Gasteiger partial charge on any atom is -0.493 e. The van der Waals surface area contributed by atoms with Gasteiger partial charge in [0.15, 0.2) is 5.54 Å². The lowest BCUT2D eigenvalue weighted by Crippen LogP contribution is -2.39. The molecule has 20 heavy (non-hydrogen) atoms. The van der Waals surface area contributed by atoms with E-state index in [0.717, 1.165) is 17.0 Å². The van der Waals surface area contributed by atoms with E-state index in [-0.39, 0.29) is 0 Å². The van der Waals surface area contributed by atoms with E-state index in [1.165, 1.54) is 0 Å². The third kappa shape index (κ3) is 2.09. The Balaban J connectivity index is 2.06. The maximum atomic E-state index is 9.73. The first kappa shape index (κ1) is 12.8. The first-order valence-corrected chi connectivity index (χ1v) is 6.79. The van der Waals surface area contributed by atoms with Crippen molar-refractivity contribution in [1.29, 1.82) is 5.26 Å². The monoisotopic (exact) mass is 284 g/mol. The van der Waals surface area contributed by atoms with Gasteiger partial charge in [0, 0.05) is 12.0 Å². The second-order valence-electron chi connectivity index (χ2n) is 4.72. The summed E-state index contributed by atoms with van der Waals surface area (Å²) in [5, 5.41) is 13.6. The van der Waals surface area contributed by atoms with Gasteiger partial charge in [-0.3, -0.25) is 0 Å². The predicted octanol–water partition coefficient (Wildman–Crippen LogP) is 3.95. The van der Waals surface area contributed by atoms with Gasteiger partial charge in [-0.15, -0.1) is 0 Å². The molecule has 0 spiro atoms. The van der Waals surface area contributed by atoms with Crippen molar-refractivity contribution < 1.29 is 4.74 Å². The van der Waals surface area contributed by atoms with Gasteiger partial charge < -0.3 is 10.1 Å². The third-order valence-electron chi connectivity index (χ3n) is 3.49. The molecule has 1 N–H and O–H groups in total. The van der Waals surface area contributed by atoms with Crippen molar-refractivity contribution >= 4 is 17.3 Å². The molecule has 2 aromatic carbocycles. The maximum absolute atomic E-state index is 9.73. The van der Waals surface area contributed by atoms with E-state index in [9.17, 15) is 5.26 Å². The number of benzene rings is 2. The highest BCUT2D eigenvalue weighted by atomic mass is 35.5. The minimum absolute atomic E-state index is 0.502. The van der Waals surface area contributed by atoms with Crippen molar-refractivity contribution in [3.8, 4) is 11.8 Å². The number of rotatable bonds is 2. The van der Waals surface area contributed by atoms with Crippen molar-refractivity contribution in [2.75, 3.05) is 11.9 Å². The Morgan fingerprint density at radius 1 is 1.15 bits per heavy atom. The van der Waals surface area contributed by atoms with Gasteiger partial charge in [0.25, 0.3) is 0 Å². The Morgan fingerprint density at radius 3 is 2.70 bits per heavy atom. The lowest BCUT2D eigenvalue weighted by molar-refractivity contribution is 0.253. The second kappa shape index (κ2) is 5.07. The zero-order chi connectivity index (χ0) is 14.0. The summed E-state index contributed by atoms with van der Waals surface area (Å²) < 4.78 is 5.62. The molecule has 1 aliphatic heterocycles. The minimum atomic E-state index is -0.806. The van der Waals surface area contributed by atoms with Crippen LogP contribution in [0.15, 0.2) is 48.5 Å². The van der Waals surface area contributed by atoms with E-state index in [4.69, 9.17) is 16.3 Å². The fraction of sp³-hybridized carbons (Fsp3) is 0.188. The van der Waals surface area contributed by atoms with Crippen molar-refractivity contribution in [3.63, 3.8) is 0 Å². The van der Waals surface area contributed by atoms with Crippen LogP contribution < -0.4 is 10.1 Å². The third-order valence-corrected chi connectivity index (χ3v) is 3.82. The zero-order valence-electron chi connectivity index (χ0n) is 10.8. The highest BCUT2D eigenvalue weighted by molar-refractivity contribution is 6.33. The molecular formula is C16H13ClN2O. The zero-order valence-corrected chi connectivity index (χ0v) is 11.5. The lowest BCUT2D eigenvalue weighted by atomic mass is 9.85. The summed E-state index contributed by atoms with van der Waals surface area (Å²) in [6, 6.07) is 17.5. The van der Waals surface area contributed by atoms with Crippen LogP contribution in [0.4, 0.5) is 5.69 Å². The molecule has 100 valence electrons. The molecule has 0 saturated heterocycles. The fourth-order valence-electron chi connectivity index (χ4n) is 2.46. The molecule has 3 rings (SSSR count). The van der Waals surface area contributed by atoms with Crippen molar-refractivity contribution in [2.24, 2.45) is 0 Å². The molecule has 1 atom stereocenters. The fourth-order valence-corrected chi connectivity index (χ4v) is 2.64. The summed E-state index contributed by atoms with van der Waals surface area (Å²) in [6.45, 7) is 0.502. The molecule has 1 aliphatic rings. The van der Waals surface area contributed by atoms with Crippen molar-refractivity contribution in [1.82, 2.24) is 0 Å². The van der Waals surface area contributed by atoms with Crippen LogP contribution >= 0.6 is 11.6 Å². The van der Waals surface area contributed by atoms with Crippen LogP contribution in [-0.2, 0) is 5.54 Å². The number of para-hydroxylation sites is 2. The summed E-state index contributed by atoms with van der Waals surface area (Å²) in [6.07, 6.45) is 0.575. The number of ether oxygens (including phenoxy) is 1. The van der Waals surface area contributed by atoms with Crippen LogP contribution in [0.5, 0.6) is 5.75 Å². The van der Waals surface area contributed by atoms with E-state index < -0.39 is 5.54 Å². The first-order valence-electron chi connectivity index (χ1n) is 6.41. The van der Waals surface area contributed by atoms with Gasteiger partial charge in [-0.1, -0.05) is 41.9 Å². The van der Waals surface area contributed by atoms with Gasteiger partial charge in [0.1, 0.15) is 5.75 Å². The molecule has 0 radical (unpaired) electrons. The summed E-state index contributed by atoms with van der Waals surface area (Å²) in [4.78, 5) is 0. The highest BCUT2D eigenvalue weighted by Crippen LogP contribution is 2.40. The van der Waals surface area contributed by atoms with Crippen LogP contribution in [0, 0.1) is 11.3 Å². The predicted molar refractivity (Wildman–Crippen MR) is 78.9 cm³/mol. The molecule has 3 nitrogen and oxygen atoms in total. The van der Waals surface area contributed by atoms with Gasteiger partial charge in [-0.25, -0.2) is 0 Å². The summed E-state index contributed by atoms with van der Waals surface area (Å²) in [5.74, 6) is 0.750. The molecule has 4 heteroatoms. The van der Waals surface area contributed by atoms with Crippen LogP contribution in [0.2, 0.25) is 5.02 Å². The summed E-state index contributed by atoms with van der Waals surface area (Å²) in [5.41, 5.74) is 0.806. The standard InChI is InChI=1S/C16H13ClN2O/c17-13-6-2-3-7-14(13)19-16(11-18)9-10-20-15-8-4-1-5-12(15)16/h1-8,19H,9-10H2. The number of hydrogen-bond acceptors (Lipinski definition) is 3. The Morgan fingerprint density at radius 2 is 1.90 bits per heavy atom. The topological polar surface area (TPSA) is 45.0 Å². The number of halogens is 1. The van der Waals surface area contributed by atoms with E-state index in [1.54, 1.807) is 6.07 Å². The molecule has 0 saturated carbocycles. The maximum Gasteiger partial charge on any atom is 0.157 e. The van der Waals surface area contributed by atoms with E-state index in [1.807, 2.05) is 42.5 Å². The Hall–Kier alpha value is -2.18.